The molecule has 0 aromatic heterocycles. The number of halogens is 2. The molecule has 2 aliphatic rings. The van der Waals surface area contributed by atoms with Gasteiger partial charge in [0.1, 0.15) is 9.52 Å². The van der Waals surface area contributed by atoms with Gasteiger partial charge in [0, 0.05) is 0 Å². The lowest BCUT2D eigenvalue weighted by molar-refractivity contribution is 0.849. The van der Waals surface area contributed by atoms with Gasteiger partial charge in [0.25, 0.3) is 0 Å². The van der Waals surface area contributed by atoms with Crippen molar-refractivity contribution in [3.63, 3.8) is 0 Å². The molecule has 2 aromatic rings. The standard InChI is InChI=1S/C30H36Cl2Si/c1-15(2)23-13-11-17(5)27-25(23)19(7)21(9)29(27,31)33-30(32)22(10)20(8)26-24(16(3)4)14-12-18(6)28(26)30/h11-16H,1-10H3. The van der Waals surface area contributed by atoms with Gasteiger partial charge in [-0.2, -0.15) is 0 Å². The minimum absolute atomic E-state index is 0.300. The van der Waals surface area contributed by atoms with E-state index in [1.165, 1.54) is 66.8 Å². The van der Waals surface area contributed by atoms with Crippen LogP contribution in [0.5, 0.6) is 0 Å². The predicted molar refractivity (Wildman–Crippen MR) is 148 cm³/mol. The number of hydrogen-bond acceptors (Lipinski definition) is 0. The van der Waals surface area contributed by atoms with E-state index in [4.69, 9.17) is 23.2 Å². The molecule has 0 nitrogen and oxygen atoms in total. The number of allylic oxidation sites excluding steroid dienone is 4. The van der Waals surface area contributed by atoms with Crippen molar-refractivity contribution >= 4 is 43.9 Å². The van der Waals surface area contributed by atoms with Gasteiger partial charge in [-0.05, 0) is 120 Å². The Hall–Kier alpha value is -1.28. The average Bonchev–Trinajstić information content (AvgIpc) is 3.05. The van der Waals surface area contributed by atoms with E-state index in [0.717, 1.165) is 0 Å². The summed E-state index contributed by atoms with van der Waals surface area (Å²) < 4.78 is -1.20. The van der Waals surface area contributed by atoms with Gasteiger partial charge in [0.2, 0.25) is 0 Å². The zero-order chi connectivity index (χ0) is 24.6. The van der Waals surface area contributed by atoms with Crippen LogP contribution in [-0.2, 0) is 8.99 Å². The maximum absolute atomic E-state index is 7.78. The molecule has 33 heavy (non-hydrogen) atoms. The van der Waals surface area contributed by atoms with Crippen molar-refractivity contribution < 1.29 is 0 Å². The first kappa shape index (κ1) is 24.8. The quantitative estimate of drug-likeness (QED) is 0.293. The SMILES string of the molecule is CC1=C(C)C(Cl)([Si]C2(Cl)C(C)=C(C)c3c(C(C)C)ccc(C)c32)c2c(C)ccc(C(C)C)c21. The van der Waals surface area contributed by atoms with E-state index in [9.17, 15) is 0 Å². The first-order valence-corrected chi connectivity index (χ1v) is 13.8. The molecule has 4 rings (SSSR count). The van der Waals surface area contributed by atoms with E-state index in [-0.39, 0.29) is 0 Å². The summed E-state index contributed by atoms with van der Waals surface area (Å²) in [6, 6.07) is 9.08. The van der Waals surface area contributed by atoms with E-state index in [1.807, 2.05) is 0 Å². The zero-order valence-corrected chi connectivity index (χ0v) is 24.2. The molecule has 0 aliphatic heterocycles. The van der Waals surface area contributed by atoms with Crippen molar-refractivity contribution in [2.75, 3.05) is 0 Å². The average molecular weight is 496 g/mol. The fraction of sp³-hybridized carbons (Fsp3) is 0.467. The van der Waals surface area contributed by atoms with Crippen LogP contribution in [0.15, 0.2) is 35.4 Å². The van der Waals surface area contributed by atoms with Crippen molar-refractivity contribution in [2.24, 2.45) is 0 Å². The Morgan fingerprint density at radius 3 is 1.24 bits per heavy atom. The molecule has 2 unspecified atom stereocenters. The summed E-state index contributed by atoms with van der Waals surface area (Å²) in [4.78, 5) is 0. The lowest BCUT2D eigenvalue weighted by Crippen LogP contribution is -2.41. The van der Waals surface area contributed by atoms with E-state index < -0.39 is 8.99 Å². The Balaban J connectivity index is 1.98. The summed E-state index contributed by atoms with van der Waals surface area (Å²) in [7, 11) is 0.300. The van der Waals surface area contributed by atoms with Crippen LogP contribution >= 0.6 is 23.2 Å². The minimum atomic E-state index is -0.598. The van der Waals surface area contributed by atoms with Crippen LogP contribution in [0.1, 0.15) is 112 Å². The molecule has 0 N–H and O–H groups in total. The van der Waals surface area contributed by atoms with Gasteiger partial charge in [-0.1, -0.05) is 52.0 Å². The second-order valence-electron chi connectivity index (χ2n) is 10.7. The third kappa shape index (κ3) is 3.37. The highest BCUT2D eigenvalue weighted by molar-refractivity contribution is 6.70. The van der Waals surface area contributed by atoms with E-state index in [2.05, 4.69) is 93.5 Å². The van der Waals surface area contributed by atoms with Gasteiger partial charge >= 0.3 is 0 Å². The Morgan fingerprint density at radius 2 is 0.939 bits per heavy atom. The first-order valence-electron chi connectivity index (χ1n) is 12.1. The summed E-state index contributed by atoms with van der Waals surface area (Å²) in [6.45, 7) is 22.4. The second-order valence-corrected chi connectivity index (χ2v) is 14.2. The normalized spacial score (nSPS) is 24.4. The number of hydrogen-bond donors (Lipinski definition) is 0. The van der Waals surface area contributed by atoms with Gasteiger partial charge in [-0.15, -0.1) is 23.2 Å². The van der Waals surface area contributed by atoms with Crippen molar-refractivity contribution in [1.29, 1.82) is 0 Å². The Bertz CT molecular complexity index is 1130. The highest BCUT2D eigenvalue weighted by Gasteiger charge is 2.53. The highest BCUT2D eigenvalue weighted by Crippen LogP contribution is 2.59. The van der Waals surface area contributed by atoms with Gasteiger partial charge in [-0.25, -0.2) is 0 Å². The molecule has 0 amide bonds. The van der Waals surface area contributed by atoms with Crippen molar-refractivity contribution in [2.45, 2.75) is 90.1 Å². The molecule has 0 spiro atoms. The fourth-order valence-electron chi connectivity index (χ4n) is 5.92. The van der Waals surface area contributed by atoms with Crippen LogP contribution in [0.4, 0.5) is 0 Å². The van der Waals surface area contributed by atoms with E-state index >= 15 is 0 Å². The van der Waals surface area contributed by atoms with E-state index in [1.54, 1.807) is 0 Å². The lowest BCUT2D eigenvalue weighted by Gasteiger charge is -2.36. The monoisotopic (exact) mass is 494 g/mol. The molecule has 0 bridgehead atoms. The molecule has 2 aliphatic carbocycles. The zero-order valence-electron chi connectivity index (χ0n) is 21.7. The maximum atomic E-state index is 7.78. The van der Waals surface area contributed by atoms with Crippen LogP contribution in [-0.4, -0.2) is 9.52 Å². The van der Waals surface area contributed by atoms with Gasteiger partial charge in [0.15, 0.2) is 0 Å². The molecule has 0 saturated heterocycles. The fourth-order valence-corrected chi connectivity index (χ4v) is 9.81. The predicted octanol–water partition coefficient (Wildman–Crippen LogP) is 9.35. The minimum Gasteiger partial charge on any atom is -0.114 e. The van der Waals surface area contributed by atoms with E-state index in [0.29, 0.717) is 21.4 Å². The summed E-state index contributed by atoms with van der Waals surface area (Å²) >= 11 is 15.6. The number of rotatable bonds is 4. The molecule has 2 aromatic carbocycles. The molecule has 0 fully saturated rings. The molecule has 0 saturated carbocycles. The van der Waals surface area contributed by atoms with Gasteiger partial charge in [-0.3, -0.25) is 0 Å². The topological polar surface area (TPSA) is 0 Å². The van der Waals surface area contributed by atoms with Crippen molar-refractivity contribution in [1.82, 2.24) is 0 Å². The molecule has 0 heterocycles. The Kier molecular flexibility index (Phi) is 6.13. The molecule has 174 valence electrons. The Labute approximate surface area is 213 Å². The summed E-state index contributed by atoms with van der Waals surface area (Å²) in [5, 5.41) is 0. The molecule has 3 heteroatoms. The number of fused-ring (bicyclic) bond motifs is 2. The molecule has 2 radical (unpaired) electrons. The lowest BCUT2D eigenvalue weighted by atomic mass is 9.89. The smallest absolute Gasteiger partial charge is 0.114 e. The van der Waals surface area contributed by atoms with Crippen molar-refractivity contribution in [3.05, 3.63) is 79.9 Å². The summed E-state index contributed by atoms with van der Waals surface area (Å²) in [5.41, 5.74) is 15.7. The Morgan fingerprint density at radius 1 is 0.606 bits per heavy atom. The summed E-state index contributed by atoms with van der Waals surface area (Å²) in [6.07, 6.45) is 0. The number of benzene rings is 2. The molecule has 2 atom stereocenters. The van der Waals surface area contributed by atoms with Gasteiger partial charge in [0.05, 0.1) is 8.99 Å². The van der Waals surface area contributed by atoms with Crippen LogP contribution in [0, 0.1) is 13.8 Å². The number of alkyl halides is 2. The van der Waals surface area contributed by atoms with Crippen LogP contribution in [0.25, 0.3) is 11.1 Å². The first-order chi connectivity index (χ1) is 15.3. The summed E-state index contributed by atoms with van der Waals surface area (Å²) in [5.74, 6) is 0.891. The third-order valence-electron chi connectivity index (χ3n) is 8.08. The van der Waals surface area contributed by atoms with Crippen LogP contribution in [0.3, 0.4) is 0 Å². The third-order valence-corrected chi connectivity index (χ3v) is 11.5. The largest absolute Gasteiger partial charge is 0.118 e. The van der Waals surface area contributed by atoms with Gasteiger partial charge < -0.3 is 0 Å². The maximum Gasteiger partial charge on any atom is 0.118 e. The van der Waals surface area contributed by atoms with Crippen molar-refractivity contribution in [3.8, 4) is 0 Å². The molecular formula is C30H36Cl2Si. The number of aryl methyl sites for hydroxylation is 2. The highest BCUT2D eigenvalue weighted by atomic mass is 35.5. The van der Waals surface area contributed by atoms with Crippen LogP contribution in [0.2, 0.25) is 0 Å². The second kappa shape index (κ2) is 8.14. The van der Waals surface area contributed by atoms with Crippen LogP contribution < -0.4 is 0 Å². The molecular weight excluding hydrogens is 459 g/mol.